The van der Waals surface area contributed by atoms with Crippen LogP contribution < -0.4 is 0 Å². The van der Waals surface area contributed by atoms with Gasteiger partial charge in [0.2, 0.25) is 0 Å². The standard InChI is InChI=1S/C16H20O4/c1-11(8-12-2-4-13(17)5-3-12)16-7-6-14(18)9-15(16)19-10-20-16/h2-5,11,15,17H,6-10H2,1H3/t11?,15?,16-/m1/s1. The molecular weight excluding hydrogens is 256 g/mol. The van der Waals surface area contributed by atoms with E-state index in [1.807, 2.05) is 12.1 Å². The molecule has 1 aliphatic heterocycles. The number of carbonyl (C=O) groups excluding carboxylic acids is 1. The highest BCUT2D eigenvalue weighted by atomic mass is 16.7. The summed E-state index contributed by atoms with van der Waals surface area (Å²) in [7, 11) is 0. The molecule has 1 aromatic rings. The normalized spacial score (nSPS) is 31.1. The van der Waals surface area contributed by atoms with Gasteiger partial charge in [0.25, 0.3) is 0 Å². The van der Waals surface area contributed by atoms with Gasteiger partial charge in [-0.05, 0) is 36.5 Å². The first-order valence-corrected chi connectivity index (χ1v) is 7.15. The summed E-state index contributed by atoms with van der Waals surface area (Å²) in [4.78, 5) is 11.6. The fraction of sp³-hybridized carbons (Fsp3) is 0.562. The highest BCUT2D eigenvalue weighted by molar-refractivity contribution is 5.80. The molecule has 2 fully saturated rings. The van der Waals surface area contributed by atoms with Crippen LogP contribution in [0.2, 0.25) is 0 Å². The van der Waals surface area contributed by atoms with Crippen LogP contribution in [0.15, 0.2) is 24.3 Å². The number of phenolic OH excluding ortho intramolecular Hbond substituents is 1. The molecular formula is C16H20O4. The van der Waals surface area contributed by atoms with Gasteiger partial charge < -0.3 is 14.6 Å². The van der Waals surface area contributed by atoms with Crippen molar-refractivity contribution in [3.63, 3.8) is 0 Å². The van der Waals surface area contributed by atoms with Crippen molar-refractivity contribution in [1.29, 1.82) is 0 Å². The van der Waals surface area contributed by atoms with E-state index in [1.165, 1.54) is 0 Å². The summed E-state index contributed by atoms with van der Waals surface area (Å²) >= 11 is 0. The lowest BCUT2D eigenvalue weighted by Gasteiger charge is -2.40. The minimum absolute atomic E-state index is 0.101. The summed E-state index contributed by atoms with van der Waals surface area (Å²) in [5, 5.41) is 9.34. The number of carbonyl (C=O) groups is 1. The summed E-state index contributed by atoms with van der Waals surface area (Å²) < 4.78 is 11.6. The van der Waals surface area contributed by atoms with Crippen LogP contribution in [0.1, 0.15) is 31.7 Å². The second-order valence-electron chi connectivity index (χ2n) is 5.89. The first kappa shape index (κ1) is 13.6. The summed E-state index contributed by atoms with van der Waals surface area (Å²) in [6, 6.07) is 7.27. The molecule has 1 aromatic carbocycles. The maximum Gasteiger partial charge on any atom is 0.148 e. The van der Waals surface area contributed by atoms with Crippen LogP contribution in [0.5, 0.6) is 5.75 Å². The van der Waals surface area contributed by atoms with Crippen LogP contribution in [0, 0.1) is 5.92 Å². The van der Waals surface area contributed by atoms with Crippen LogP contribution in [0.3, 0.4) is 0 Å². The second-order valence-corrected chi connectivity index (χ2v) is 5.89. The lowest BCUT2D eigenvalue weighted by atomic mass is 9.72. The monoisotopic (exact) mass is 276 g/mol. The van der Waals surface area contributed by atoms with Crippen molar-refractivity contribution in [2.75, 3.05) is 6.79 Å². The van der Waals surface area contributed by atoms with Gasteiger partial charge in [0, 0.05) is 12.8 Å². The van der Waals surface area contributed by atoms with Gasteiger partial charge in [-0.1, -0.05) is 19.1 Å². The second kappa shape index (κ2) is 5.19. The molecule has 20 heavy (non-hydrogen) atoms. The number of hydrogen-bond donors (Lipinski definition) is 1. The van der Waals surface area contributed by atoms with E-state index in [-0.39, 0.29) is 35.9 Å². The Morgan fingerprint density at radius 2 is 2.15 bits per heavy atom. The molecule has 4 heteroatoms. The largest absolute Gasteiger partial charge is 0.508 e. The average molecular weight is 276 g/mol. The van der Waals surface area contributed by atoms with Crippen molar-refractivity contribution in [3.05, 3.63) is 29.8 Å². The molecule has 0 bridgehead atoms. The first-order chi connectivity index (χ1) is 9.60. The highest BCUT2D eigenvalue weighted by Crippen LogP contribution is 2.43. The first-order valence-electron chi connectivity index (χ1n) is 7.15. The fourth-order valence-electron chi connectivity index (χ4n) is 3.43. The number of benzene rings is 1. The maximum absolute atomic E-state index is 11.6. The number of ketones is 1. The molecule has 1 saturated carbocycles. The molecule has 1 aliphatic carbocycles. The Balaban J connectivity index is 1.76. The molecule has 0 spiro atoms. The molecule has 1 saturated heterocycles. The third-order valence-electron chi connectivity index (χ3n) is 4.66. The van der Waals surface area contributed by atoms with Crippen molar-refractivity contribution in [3.8, 4) is 5.75 Å². The predicted molar refractivity (Wildman–Crippen MR) is 73.4 cm³/mol. The zero-order chi connectivity index (χ0) is 14.2. The number of aromatic hydroxyl groups is 1. The number of fused-ring (bicyclic) bond motifs is 1. The third kappa shape index (κ3) is 2.34. The quantitative estimate of drug-likeness (QED) is 0.921. The van der Waals surface area contributed by atoms with Crippen LogP contribution in [0.4, 0.5) is 0 Å². The third-order valence-corrected chi connectivity index (χ3v) is 4.66. The minimum atomic E-state index is -0.328. The van der Waals surface area contributed by atoms with E-state index in [0.717, 1.165) is 18.4 Å². The lowest BCUT2D eigenvalue weighted by molar-refractivity contribution is -0.130. The molecule has 3 rings (SSSR count). The van der Waals surface area contributed by atoms with E-state index in [0.29, 0.717) is 12.8 Å². The van der Waals surface area contributed by atoms with Crippen LogP contribution in [-0.4, -0.2) is 29.4 Å². The molecule has 0 aromatic heterocycles. The summed E-state index contributed by atoms with van der Waals surface area (Å²) in [6.07, 6.45) is 2.56. The average Bonchev–Trinajstić information content (AvgIpc) is 2.85. The number of phenols is 1. The fourth-order valence-corrected chi connectivity index (χ4v) is 3.43. The molecule has 1 N–H and O–H groups in total. The molecule has 4 nitrogen and oxygen atoms in total. The topological polar surface area (TPSA) is 55.8 Å². The minimum Gasteiger partial charge on any atom is -0.508 e. The summed E-state index contributed by atoms with van der Waals surface area (Å²) in [6.45, 7) is 2.45. The Kier molecular flexibility index (Phi) is 3.52. The SMILES string of the molecule is CC(Cc1ccc(O)cc1)[C@]12CCC(=O)CC1OCO2. The summed E-state index contributed by atoms with van der Waals surface area (Å²) in [5.74, 6) is 0.821. The molecule has 1 heterocycles. The molecule has 0 radical (unpaired) electrons. The van der Waals surface area contributed by atoms with Gasteiger partial charge in [-0.3, -0.25) is 4.79 Å². The van der Waals surface area contributed by atoms with Gasteiger partial charge in [-0.25, -0.2) is 0 Å². The van der Waals surface area contributed by atoms with Crippen molar-refractivity contribution in [2.24, 2.45) is 5.92 Å². The van der Waals surface area contributed by atoms with Gasteiger partial charge in [-0.2, -0.15) is 0 Å². The van der Waals surface area contributed by atoms with Gasteiger partial charge in [0.1, 0.15) is 23.9 Å². The van der Waals surface area contributed by atoms with Crippen molar-refractivity contribution < 1.29 is 19.4 Å². The predicted octanol–water partition coefficient (Wildman–Crippen LogP) is 2.44. The van der Waals surface area contributed by atoms with E-state index in [4.69, 9.17) is 9.47 Å². The van der Waals surface area contributed by atoms with E-state index in [2.05, 4.69) is 6.92 Å². The molecule has 2 aliphatic rings. The van der Waals surface area contributed by atoms with E-state index >= 15 is 0 Å². The van der Waals surface area contributed by atoms with Crippen LogP contribution in [-0.2, 0) is 20.7 Å². The Morgan fingerprint density at radius 1 is 1.40 bits per heavy atom. The van der Waals surface area contributed by atoms with Gasteiger partial charge >= 0.3 is 0 Å². The number of Topliss-reactive ketones (excluding diaryl/α,β-unsaturated/α-hetero) is 1. The van der Waals surface area contributed by atoms with Crippen molar-refractivity contribution in [1.82, 2.24) is 0 Å². The Bertz CT molecular complexity index is 496. The zero-order valence-corrected chi connectivity index (χ0v) is 11.7. The van der Waals surface area contributed by atoms with E-state index < -0.39 is 0 Å². The molecule has 2 unspecified atom stereocenters. The van der Waals surface area contributed by atoms with E-state index in [9.17, 15) is 9.90 Å². The van der Waals surface area contributed by atoms with Gasteiger partial charge in [0.15, 0.2) is 0 Å². The van der Waals surface area contributed by atoms with Crippen LogP contribution in [0.25, 0.3) is 0 Å². The number of rotatable bonds is 3. The maximum atomic E-state index is 11.6. The van der Waals surface area contributed by atoms with Gasteiger partial charge in [0.05, 0.1) is 6.10 Å². The zero-order valence-electron chi connectivity index (χ0n) is 11.7. The van der Waals surface area contributed by atoms with Crippen molar-refractivity contribution >= 4 is 5.78 Å². The number of ether oxygens (including phenoxy) is 2. The lowest BCUT2D eigenvalue weighted by Crippen LogP contribution is -2.50. The Labute approximate surface area is 118 Å². The Morgan fingerprint density at radius 3 is 2.90 bits per heavy atom. The highest BCUT2D eigenvalue weighted by Gasteiger charge is 2.52. The number of hydrogen-bond acceptors (Lipinski definition) is 4. The summed E-state index contributed by atoms with van der Waals surface area (Å²) in [5.41, 5.74) is 0.835. The smallest absolute Gasteiger partial charge is 0.148 e. The molecule has 108 valence electrons. The molecule has 0 amide bonds. The van der Waals surface area contributed by atoms with Crippen LogP contribution >= 0.6 is 0 Å². The van der Waals surface area contributed by atoms with E-state index in [1.54, 1.807) is 12.1 Å². The van der Waals surface area contributed by atoms with Crippen molar-refractivity contribution in [2.45, 2.75) is 44.3 Å². The molecule has 3 atom stereocenters. The van der Waals surface area contributed by atoms with Gasteiger partial charge in [-0.15, -0.1) is 0 Å². The Hall–Kier alpha value is -1.39.